The van der Waals surface area contributed by atoms with Crippen molar-refractivity contribution in [3.63, 3.8) is 0 Å². The fraction of sp³-hybridized carbons (Fsp3) is 0.128. The summed E-state index contributed by atoms with van der Waals surface area (Å²) in [5.41, 5.74) is 17.5. The van der Waals surface area contributed by atoms with E-state index in [1.54, 1.807) is 0 Å². The summed E-state index contributed by atoms with van der Waals surface area (Å²) in [5.74, 6) is 0.545. The Hall–Kier alpha value is -5.87. The van der Waals surface area contributed by atoms with Crippen LogP contribution < -0.4 is 26.2 Å². The van der Waals surface area contributed by atoms with E-state index in [2.05, 4.69) is 161 Å². The second-order valence-corrected chi connectivity index (χ2v) is 14.2. The van der Waals surface area contributed by atoms with E-state index in [1.807, 2.05) is 12.3 Å². The molecule has 0 N–H and O–H groups in total. The van der Waals surface area contributed by atoms with Gasteiger partial charge in [-0.3, -0.25) is 4.98 Å². The topological polar surface area (TPSA) is 19.4 Å². The number of fused-ring (bicyclic) bond motifs is 4. The molecule has 0 atom stereocenters. The fourth-order valence-corrected chi connectivity index (χ4v) is 8.98. The van der Waals surface area contributed by atoms with Crippen molar-refractivity contribution in [2.75, 3.05) is 9.80 Å². The molecule has 0 radical (unpaired) electrons. The molecule has 51 heavy (non-hydrogen) atoms. The number of anilines is 6. The van der Waals surface area contributed by atoms with Crippen LogP contribution in [0.1, 0.15) is 43.6 Å². The van der Waals surface area contributed by atoms with Crippen LogP contribution in [0, 0.1) is 0 Å². The molecule has 0 saturated heterocycles. The van der Waals surface area contributed by atoms with E-state index < -0.39 is 0 Å². The molecule has 1 aromatic heterocycles. The first-order valence-electron chi connectivity index (χ1n) is 18.5. The quantitative estimate of drug-likeness (QED) is 0.172. The molecule has 10 rings (SSSR count). The Balaban J connectivity index is 1.30. The smallest absolute Gasteiger partial charge is 0.252 e. The van der Waals surface area contributed by atoms with Gasteiger partial charge in [0, 0.05) is 40.2 Å². The number of rotatable bonds is 5. The molecular weight excluding hydrogens is 617 g/mol. The monoisotopic (exact) mass is 655 g/mol. The maximum atomic E-state index is 4.85. The molecule has 0 unspecified atom stereocenters. The summed E-state index contributed by atoms with van der Waals surface area (Å²) in [5, 5.41) is 0. The summed E-state index contributed by atoms with van der Waals surface area (Å²) in [4.78, 5) is 9.95. The minimum absolute atomic E-state index is 0.0727. The molecule has 7 aromatic rings. The van der Waals surface area contributed by atoms with Gasteiger partial charge in [-0.15, -0.1) is 0 Å². The maximum absolute atomic E-state index is 4.85. The number of hydrogen-bond donors (Lipinski definition) is 0. The van der Waals surface area contributed by atoms with Crippen LogP contribution in [0.25, 0.3) is 22.4 Å². The molecule has 0 amide bonds. The first kappa shape index (κ1) is 30.0. The molecule has 6 aromatic carbocycles. The lowest BCUT2D eigenvalue weighted by Crippen LogP contribution is -2.61. The second-order valence-electron chi connectivity index (χ2n) is 14.2. The van der Waals surface area contributed by atoms with E-state index in [0.717, 1.165) is 16.9 Å². The first-order chi connectivity index (χ1) is 25.3. The van der Waals surface area contributed by atoms with Crippen molar-refractivity contribution in [1.82, 2.24) is 4.98 Å². The number of pyridine rings is 1. The second kappa shape index (κ2) is 12.5. The fourth-order valence-electron chi connectivity index (χ4n) is 8.98. The summed E-state index contributed by atoms with van der Waals surface area (Å²) >= 11 is 0. The average Bonchev–Trinajstić information content (AvgIpc) is 3.21. The molecule has 0 spiro atoms. The lowest BCUT2D eigenvalue weighted by atomic mass is 9.33. The van der Waals surface area contributed by atoms with Crippen molar-refractivity contribution >= 4 is 57.2 Å². The van der Waals surface area contributed by atoms with Gasteiger partial charge in [-0.2, -0.15) is 0 Å². The van der Waals surface area contributed by atoms with Crippen LogP contribution in [0.5, 0.6) is 0 Å². The van der Waals surface area contributed by atoms with Crippen LogP contribution in [0.2, 0.25) is 0 Å². The first-order valence-corrected chi connectivity index (χ1v) is 18.5. The maximum Gasteiger partial charge on any atom is 0.252 e. The lowest BCUT2D eigenvalue weighted by Gasteiger charge is -2.45. The predicted octanol–water partition coefficient (Wildman–Crippen LogP) is 10.5. The van der Waals surface area contributed by atoms with Gasteiger partial charge < -0.3 is 9.80 Å². The summed E-state index contributed by atoms with van der Waals surface area (Å²) < 4.78 is 0. The Morgan fingerprint density at radius 2 is 1.16 bits per heavy atom. The summed E-state index contributed by atoms with van der Waals surface area (Å²) in [6.45, 7) is 0.0727. The summed E-state index contributed by atoms with van der Waals surface area (Å²) in [7, 11) is 0. The third-order valence-corrected chi connectivity index (χ3v) is 11.3. The molecular formula is C47H38BN3. The van der Waals surface area contributed by atoms with Gasteiger partial charge in [0.2, 0.25) is 0 Å². The summed E-state index contributed by atoms with van der Waals surface area (Å²) in [6, 6.07) is 58.2. The number of para-hydroxylation sites is 3. The van der Waals surface area contributed by atoms with Gasteiger partial charge in [0.1, 0.15) is 0 Å². The Labute approximate surface area is 301 Å². The zero-order valence-corrected chi connectivity index (χ0v) is 28.6. The third-order valence-electron chi connectivity index (χ3n) is 11.3. The van der Waals surface area contributed by atoms with Crippen molar-refractivity contribution in [2.45, 2.75) is 38.0 Å². The van der Waals surface area contributed by atoms with E-state index in [-0.39, 0.29) is 6.71 Å². The van der Waals surface area contributed by atoms with Gasteiger partial charge >= 0.3 is 0 Å². The molecule has 3 aliphatic rings. The highest BCUT2D eigenvalue weighted by Gasteiger charge is 2.44. The molecule has 0 bridgehead atoms. The van der Waals surface area contributed by atoms with Gasteiger partial charge in [0.25, 0.3) is 6.71 Å². The van der Waals surface area contributed by atoms with E-state index in [9.17, 15) is 0 Å². The molecule has 244 valence electrons. The number of benzene rings is 6. The van der Waals surface area contributed by atoms with Gasteiger partial charge in [-0.25, -0.2) is 0 Å². The van der Waals surface area contributed by atoms with Crippen LogP contribution in [0.15, 0.2) is 164 Å². The highest BCUT2D eigenvalue weighted by atomic mass is 15.2. The SMILES string of the molecule is c1ccc(-c2ccc3c(c2)B2c4ccccc4N(c4ccccc4-c4ccccn4)c4cc(C5CCCCC5)cc(c42)N3c2ccccc2)cc1. The predicted molar refractivity (Wildman–Crippen MR) is 215 cm³/mol. The van der Waals surface area contributed by atoms with Crippen molar-refractivity contribution in [1.29, 1.82) is 0 Å². The highest BCUT2D eigenvalue weighted by Crippen LogP contribution is 2.48. The largest absolute Gasteiger partial charge is 0.311 e. The minimum atomic E-state index is 0.0727. The highest BCUT2D eigenvalue weighted by molar-refractivity contribution is 7.00. The van der Waals surface area contributed by atoms with E-state index in [4.69, 9.17) is 4.98 Å². The van der Waals surface area contributed by atoms with Crippen LogP contribution in [-0.2, 0) is 0 Å². The Bertz CT molecular complexity index is 2370. The molecule has 1 saturated carbocycles. The van der Waals surface area contributed by atoms with Crippen LogP contribution in [-0.4, -0.2) is 11.7 Å². The normalized spacial score (nSPS) is 14.9. The molecule has 3 heterocycles. The zero-order chi connectivity index (χ0) is 33.7. The van der Waals surface area contributed by atoms with Gasteiger partial charge in [-0.1, -0.05) is 122 Å². The number of hydrogen-bond acceptors (Lipinski definition) is 3. The van der Waals surface area contributed by atoms with Crippen molar-refractivity contribution in [3.8, 4) is 22.4 Å². The molecule has 1 aliphatic carbocycles. The lowest BCUT2D eigenvalue weighted by molar-refractivity contribution is 0.444. The van der Waals surface area contributed by atoms with Crippen LogP contribution in [0.4, 0.5) is 34.1 Å². The molecule has 1 fully saturated rings. The Morgan fingerprint density at radius 1 is 0.490 bits per heavy atom. The zero-order valence-electron chi connectivity index (χ0n) is 28.6. The number of nitrogens with zero attached hydrogens (tertiary/aromatic N) is 3. The van der Waals surface area contributed by atoms with Crippen molar-refractivity contribution in [2.24, 2.45) is 0 Å². The Kier molecular flexibility index (Phi) is 7.34. The molecule has 3 nitrogen and oxygen atoms in total. The van der Waals surface area contributed by atoms with Gasteiger partial charge in [0.05, 0.1) is 11.4 Å². The van der Waals surface area contributed by atoms with Crippen LogP contribution >= 0.6 is 0 Å². The standard InChI is InChI=1S/C47H38BN3/c1-4-16-33(17-5-1)35-27-28-44-40(30-35)48-39-23-11-13-26-43(39)51(42-25-12-10-22-38(42)41-24-14-15-29-49-41)46-32-36(34-18-6-2-7-19-34)31-45(47(46)48)50(44)37-20-8-3-9-21-37/h1,3-5,8-17,20-32,34H,2,6-7,18-19H2. The van der Waals surface area contributed by atoms with Gasteiger partial charge in [-0.05, 0) is 106 Å². The van der Waals surface area contributed by atoms with Crippen molar-refractivity contribution < 1.29 is 0 Å². The van der Waals surface area contributed by atoms with E-state index in [0.29, 0.717) is 5.92 Å². The number of aromatic nitrogens is 1. The third kappa shape index (κ3) is 5.00. The van der Waals surface area contributed by atoms with Crippen LogP contribution in [0.3, 0.4) is 0 Å². The summed E-state index contributed by atoms with van der Waals surface area (Å²) in [6.07, 6.45) is 8.30. The van der Waals surface area contributed by atoms with Crippen molar-refractivity contribution in [3.05, 3.63) is 169 Å². The van der Waals surface area contributed by atoms with Gasteiger partial charge in [0.15, 0.2) is 0 Å². The van der Waals surface area contributed by atoms with E-state index in [1.165, 1.54) is 93.6 Å². The average molecular weight is 656 g/mol. The molecule has 2 aliphatic heterocycles. The Morgan fingerprint density at radius 3 is 1.94 bits per heavy atom. The van der Waals surface area contributed by atoms with E-state index >= 15 is 0 Å². The molecule has 4 heteroatoms. The minimum Gasteiger partial charge on any atom is -0.311 e.